The van der Waals surface area contributed by atoms with Gasteiger partial charge in [0.25, 0.3) is 0 Å². The lowest BCUT2D eigenvalue weighted by molar-refractivity contribution is -0.656. The van der Waals surface area contributed by atoms with Gasteiger partial charge in [-0.15, -0.1) is 0 Å². The summed E-state index contributed by atoms with van der Waals surface area (Å²) in [6, 6.07) is 4.94. The molecule has 1 aromatic carbocycles. The van der Waals surface area contributed by atoms with Crippen molar-refractivity contribution in [2.75, 3.05) is 32.9 Å². The van der Waals surface area contributed by atoms with Crippen LogP contribution in [0.25, 0.3) is 0 Å². The molecule has 1 aromatic rings. The average molecular weight is 297 g/mol. The molecule has 0 unspecified atom stereocenters. The first-order chi connectivity index (χ1) is 10.1. The minimum absolute atomic E-state index is 0.00268. The minimum atomic E-state index is -0.425. The van der Waals surface area contributed by atoms with Crippen molar-refractivity contribution in [2.45, 2.75) is 26.7 Å². The smallest absolute Gasteiger partial charge is 0.311 e. The molecule has 2 N–H and O–H groups in total. The van der Waals surface area contributed by atoms with Crippen LogP contribution in [0.3, 0.4) is 0 Å². The predicted octanol–water partition coefficient (Wildman–Crippen LogP) is 1.66. The second-order valence-electron chi connectivity index (χ2n) is 4.91. The highest BCUT2D eigenvalue weighted by molar-refractivity contribution is 5.48. The number of nitrogens with zero attached hydrogens (tertiary/aromatic N) is 1. The molecular formula is C15H25N2O4+. The van der Waals surface area contributed by atoms with E-state index in [2.05, 4.69) is 12.2 Å². The molecule has 1 rings (SSSR count). The molecule has 0 spiro atoms. The van der Waals surface area contributed by atoms with E-state index in [9.17, 15) is 10.1 Å². The summed E-state index contributed by atoms with van der Waals surface area (Å²) in [6.45, 7) is 7.48. The molecule has 0 saturated heterocycles. The monoisotopic (exact) mass is 297 g/mol. The number of hydrogen-bond donors (Lipinski definition) is 1. The number of aryl methyl sites for hydroxylation is 1. The van der Waals surface area contributed by atoms with Gasteiger partial charge < -0.3 is 14.8 Å². The van der Waals surface area contributed by atoms with E-state index in [1.165, 1.54) is 18.9 Å². The molecule has 0 saturated carbocycles. The van der Waals surface area contributed by atoms with Gasteiger partial charge in [-0.1, -0.05) is 19.4 Å². The number of rotatable bonds is 11. The highest BCUT2D eigenvalue weighted by atomic mass is 16.6. The van der Waals surface area contributed by atoms with Crippen LogP contribution in [0, 0.1) is 17.0 Å². The first kappa shape index (κ1) is 17.4. The second-order valence-corrected chi connectivity index (χ2v) is 4.91. The van der Waals surface area contributed by atoms with Crippen LogP contribution >= 0.6 is 0 Å². The molecule has 0 aliphatic rings. The molecule has 0 aliphatic heterocycles. The number of benzene rings is 1. The third kappa shape index (κ3) is 7.06. The van der Waals surface area contributed by atoms with Gasteiger partial charge in [-0.2, -0.15) is 0 Å². The molecule has 0 atom stereocenters. The SMILES string of the molecule is CCCC[NH2+]CCOCCOc1ccc(C)cc1[N+](=O)[O-]. The van der Waals surface area contributed by atoms with E-state index >= 15 is 0 Å². The van der Waals surface area contributed by atoms with Crippen molar-refractivity contribution in [2.24, 2.45) is 0 Å². The van der Waals surface area contributed by atoms with Crippen molar-refractivity contribution in [3.8, 4) is 5.75 Å². The van der Waals surface area contributed by atoms with Crippen LogP contribution in [0.4, 0.5) is 5.69 Å². The zero-order chi connectivity index (χ0) is 15.5. The van der Waals surface area contributed by atoms with E-state index in [0.29, 0.717) is 25.6 Å². The first-order valence-electron chi connectivity index (χ1n) is 7.42. The van der Waals surface area contributed by atoms with Crippen LogP contribution in [0.15, 0.2) is 18.2 Å². The van der Waals surface area contributed by atoms with Gasteiger partial charge in [0.05, 0.1) is 31.2 Å². The quantitative estimate of drug-likeness (QED) is 0.383. The van der Waals surface area contributed by atoms with Gasteiger partial charge in [0, 0.05) is 6.07 Å². The van der Waals surface area contributed by atoms with Crippen molar-refractivity contribution < 1.29 is 19.7 Å². The molecule has 0 bridgehead atoms. The highest BCUT2D eigenvalue weighted by Crippen LogP contribution is 2.27. The molecule has 0 aromatic heterocycles. The first-order valence-corrected chi connectivity index (χ1v) is 7.42. The summed E-state index contributed by atoms with van der Waals surface area (Å²) < 4.78 is 10.9. The van der Waals surface area contributed by atoms with E-state index in [4.69, 9.17) is 9.47 Å². The summed E-state index contributed by atoms with van der Waals surface area (Å²) in [7, 11) is 0. The summed E-state index contributed by atoms with van der Waals surface area (Å²) in [5, 5.41) is 13.2. The summed E-state index contributed by atoms with van der Waals surface area (Å²) >= 11 is 0. The topological polar surface area (TPSA) is 78.2 Å². The Balaban J connectivity index is 2.20. The Bertz CT molecular complexity index is 438. The van der Waals surface area contributed by atoms with Gasteiger partial charge in [0.15, 0.2) is 5.75 Å². The maximum Gasteiger partial charge on any atom is 0.311 e. The third-order valence-corrected chi connectivity index (χ3v) is 3.02. The fraction of sp³-hybridized carbons (Fsp3) is 0.600. The van der Waals surface area contributed by atoms with Crippen LogP contribution < -0.4 is 10.1 Å². The van der Waals surface area contributed by atoms with Gasteiger partial charge in [-0.3, -0.25) is 10.1 Å². The van der Waals surface area contributed by atoms with Crippen molar-refractivity contribution in [1.29, 1.82) is 0 Å². The van der Waals surface area contributed by atoms with Crippen molar-refractivity contribution >= 4 is 5.69 Å². The Morgan fingerprint density at radius 3 is 2.76 bits per heavy atom. The lowest BCUT2D eigenvalue weighted by Gasteiger charge is -2.08. The fourth-order valence-corrected chi connectivity index (χ4v) is 1.86. The molecule has 0 aliphatic carbocycles. The Morgan fingerprint density at radius 2 is 2.05 bits per heavy atom. The summed E-state index contributed by atoms with van der Waals surface area (Å²) in [4.78, 5) is 10.5. The molecule has 118 valence electrons. The lowest BCUT2D eigenvalue weighted by atomic mass is 10.2. The van der Waals surface area contributed by atoms with Gasteiger partial charge in [-0.25, -0.2) is 0 Å². The fourth-order valence-electron chi connectivity index (χ4n) is 1.86. The van der Waals surface area contributed by atoms with E-state index in [1.807, 2.05) is 6.92 Å². The molecule has 21 heavy (non-hydrogen) atoms. The van der Waals surface area contributed by atoms with E-state index in [-0.39, 0.29) is 5.69 Å². The van der Waals surface area contributed by atoms with Crippen LogP contribution in [0.2, 0.25) is 0 Å². The molecule has 0 heterocycles. The molecule has 6 nitrogen and oxygen atoms in total. The zero-order valence-corrected chi connectivity index (χ0v) is 12.8. The van der Waals surface area contributed by atoms with Gasteiger partial charge in [0.1, 0.15) is 6.61 Å². The highest BCUT2D eigenvalue weighted by Gasteiger charge is 2.14. The van der Waals surface area contributed by atoms with Crippen molar-refractivity contribution in [3.05, 3.63) is 33.9 Å². The Hall–Kier alpha value is -1.66. The maximum atomic E-state index is 10.9. The normalized spacial score (nSPS) is 10.6. The average Bonchev–Trinajstić information content (AvgIpc) is 2.46. The molecule has 0 radical (unpaired) electrons. The number of quaternary nitrogens is 1. The predicted molar refractivity (Wildman–Crippen MR) is 80.7 cm³/mol. The summed E-state index contributed by atoms with van der Waals surface area (Å²) in [5.74, 6) is 0.295. The van der Waals surface area contributed by atoms with Crippen molar-refractivity contribution in [1.82, 2.24) is 0 Å². The Morgan fingerprint density at radius 1 is 1.24 bits per heavy atom. The zero-order valence-electron chi connectivity index (χ0n) is 12.8. The number of hydrogen-bond acceptors (Lipinski definition) is 4. The molecule has 6 heteroatoms. The van der Waals surface area contributed by atoms with Crippen LogP contribution in [0.1, 0.15) is 25.3 Å². The molecular weight excluding hydrogens is 272 g/mol. The lowest BCUT2D eigenvalue weighted by Crippen LogP contribution is -2.85. The Kier molecular flexibility index (Phi) is 8.38. The van der Waals surface area contributed by atoms with Crippen LogP contribution in [-0.2, 0) is 4.74 Å². The maximum absolute atomic E-state index is 10.9. The van der Waals surface area contributed by atoms with Gasteiger partial charge in [-0.05, 0) is 25.0 Å². The van der Waals surface area contributed by atoms with Gasteiger partial charge >= 0.3 is 5.69 Å². The Labute approximate surface area is 125 Å². The van der Waals surface area contributed by atoms with E-state index in [0.717, 1.165) is 18.7 Å². The standard InChI is InChI=1S/C15H24N2O4/c1-3-4-7-16-8-9-20-10-11-21-15-6-5-13(2)12-14(15)17(18)19/h5-6,12,16H,3-4,7-11H2,1-2H3/p+1. The molecule has 0 amide bonds. The van der Waals surface area contributed by atoms with Crippen molar-refractivity contribution in [3.63, 3.8) is 0 Å². The summed E-state index contributed by atoms with van der Waals surface area (Å²) in [5.41, 5.74) is 0.843. The second kappa shape index (κ2) is 10.1. The van der Waals surface area contributed by atoms with E-state index < -0.39 is 4.92 Å². The van der Waals surface area contributed by atoms with Crippen LogP contribution in [-0.4, -0.2) is 37.8 Å². The number of ether oxygens (including phenoxy) is 2. The minimum Gasteiger partial charge on any atom is -0.484 e. The number of unbranched alkanes of at least 4 members (excludes halogenated alkanes) is 1. The number of nitro groups is 1. The van der Waals surface area contributed by atoms with Crippen LogP contribution in [0.5, 0.6) is 5.75 Å². The van der Waals surface area contributed by atoms with E-state index in [1.54, 1.807) is 12.1 Å². The number of nitrogens with two attached hydrogens (primary N) is 1. The number of nitro benzene ring substituents is 1. The van der Waals surface area contributed by atoms with Gasteiger partial charge in [0.2, 0.25) is 0 Å². The molecule has 0 fully saturated rings. The summed E-state index contributed by atoms with van der Waals surface area (Å²) in [6.07, 6.45) is 2.43. The third-order valence-electron chi connectivity index (χ3n) is 3.02. The largest absolute Gasteiger partial charge is 0.484 e.